The van der Waals surface area contributed by atoms with Gasteiger partial charge in [-0.1, -0.05) is 29.8 Å². The highest BCUT2D eigenvalue weighted by Gasteiger charge is 2.04. The minimum absolute atomic E-state index is 0.759. The summed E-state index contributed by atoms with van der Waals surface area (Å²) in [4.78, 5) is 0. The molecule has 0 aliphatic heterocycles. The van der Waals surface area contributed by atoms with Gasteiger partial charge in [0.25, 0.3) is 0 Å². The van der Waals surface area contributed by atoms with E-state index < -0.39 is 0 Å². The van der Waals surface area contributed by atoms with Crippen molar-refractivity contribution in [2.75, 3.05) is 20.3 Å². The second-order valence-corrected chi connectivity index (χ2v) is 4.66. The van der Waals surface area contributed by atoms with Gasteiger partial charge in [-0.3, -0.25) is 0 Å². The van der Waals surface area contributed by atoms with E-state index in [2.05, 4.69) is 36.5 Å². The summed E-state index contributed by atoms with van der Waals surface area (Å²) in [6.07, 6.45) is 1.02. The SMILES string of the molecule is COCCCNCc1ccc(-c2ccc(C)cc2)o1. The fourth-order valence-corrected chi connectivity index (χ4v) is 1.90. The zero-order valence-corrected chi connectivity index (χ0v) is 11.6. The number of aryl methyl sites for hydroxylation is 1. The zero-order valence-electron chi connectivity index (χ0n) is 11.6. The van der Waals surface area contributed by atoms with Crippen molar-refractivity contribution in [3.63, 3.8) is 0 Å². The topological polar surface area (TPSA) is 34.4 Å². The molecule has 0 aliphatic rings. The van der Waals surface area contributed by atoms with Gasteiger partial charge in [0, 0.05) is 19.3 Å². The smallest absolute Gasteiger partial charge is 0.134 e. The Balaban J connectivity index is 1.86. The first-order valence-electron chi connectivity index (χ1n) is 6.65. The Morgan fingerprint density at radius 1 is 1.11 bits per heavy atom. The van der Waals surface area contributed by atoms with Gasteiger partial charge in [-0.05, 0) is 32.0 Å². The van der Waals surface area contributed by atoms with Gasteiger partial charge in [0.2, 0.25) is 0 Å². The molecule has 102 valence electrons. The summed E-state index contributed by atoms with van der Waals surface area (Å²) in [6.45, 7) is 4.57. The fourth-order valence-electron chi connectivity index (χ4n) is 1.90. The lowest BCUT2D eigenvalue weighted by Gasteiger charge is -2.02. The molecule has 0 amide bonds. The van der Waals surface area contributed by atoms with Crippen molar-refractivity contribution in [1.82, 2.24) is 5.32 Å². The van der Waals surface area contributed by atoms with Gasteiger partial charge in [-0.2, -0.15) is 0 Å². The lowest BCUT2D eigenvalue weighted by Crippen LogP contribution is -2.15. The molecule has 3 nitrogen and oxygen atoms in total. The van der Waals surface area contributed by atoms with Crippen LogP contribution in [0.1, 0.15) is 17.7 Å². The van der Waals surface area contributed by atoms with E-state index in [1.165, 1.54) is 5.56 Å². The molecule has 19 heavy (non-hydrogen) atoms. The third-order valence-corrected chi connectivity index (χ3v) is 3.00. The Kier molecular flexibility index (Phi) is 5.19. The van der Waals surface area contributed by atoms with Crippen LogP contribution < -0.4 is 5.32 Å². The number of hydrogen-bond acceptors (Lipinski definition) is 3. The van der Waals surface area contributed by atoms with Crippen LogP contribution in [-0.2, 0) is 11.3 Å². The van der Waals surface area contributed by atoms with Crippen LogP contribution in [0.15, 0.2) is 40.8 Å². The lowest BCUT2D eigenvalue weighted by molar-refractivity contribution is 0.194. The third kappa shape index (κ3) is 4.23. The molecule has 0 bridgehead atoms. The summed E-state index contributed by atoms with van der Waals surface area (Å²) < 4.78 is 10.8. The predicted octanol–water partition coefficient (Wildman–Crippen LogP) is 3.38. The summed E-state index contributed by atoms with van der Waals surface area (Å²) in [5.74, 6) is 1.89. The second-order valence-electron chi connectivity index (χ2n) is 4.66. The molecule has 0 spiro atoms. The minimum Gasteiger partial charge on any atom is -0.460 e. The highest BCUT2D eigenvalue weighted by Crippen LogP contribution is 2.22. The zero-order chi connectivity index (χ0) is 13.5. The van der Waals surface area contributed by atoms with Gasteiger partial charge in [0.1, 0.15) is 11.5 Å². The predicted molar refractivity (Wildman–Crippen MR) is 77.1 cm³/mol. The lowest BCUT2D eigenvalue weighted by atomic mass is 10.1. The molecule has 2 aromatic rings. The highest BCUT2D eigenvalue weighted by atomic mass is 16.5. The summed E-state index contributed by atoms with van der Waals surface area (Å²) in [5, 5.41) is 3.34. The number of methoxy groups -OCH3 is 1. The molecule has 1 aromatic heterocycles. The normalized spacial score (nSPS) is 10.8. The van der Waals surface area contributed by atoms with Crippen molar-refractivity contribution < 1.29 is 9.15 Å². The van der Waals surface area contributed by atoms with E-state index in [4.69, 9.17) is 9.15 Å². The van der Waals surface area contributed by atoms with Crippen LogP contribution in [0.4, 0.5) is 0 Å². The number of hydrogen-bond donors (Lipinski definition) is 1. The van der Waals surface area contributed by atoms with Crippen molar-refractivity contribution in [3.8, 4) is 11.3 Å². The minimum atomic E-state index is 0.759. The maximum atomic E-state index is 5.82. The van der Waals surface area contributed by atoms with Crippen molar-refractivity contribution in [3.05, 3.63) is 47.7 Å². The largest absolute Gasteiger partial charge is 0.460 e. The third-order valence-electron chi connectivity index (χ3n) is 3.00. The van der Waals surface area contributed by atoms with Crippen molar-refractivity contribution in [2.45, 2.75) is 19.9 Å². The van der Waals surface area contributed by atoms with Crippen LogP contribution in [0.5, 0.6) is 0 Å². The average Bonchev–Trinajstić information content (AvgIpc) is 2.88. The second kappa shape index (κ2) is 7.12. The van der Waals surface area contributed by atoms with Gasteiger partial charge in [0.05, 0.1) is 6.54 Å². The van der Waals surface area contributed by atoms with Crippen LogP contribution >= 0.6 is 0 Å². The van der Waals surface area contributed by atoms with E-state index in [-0.39, 0.29) is 0 Å². The Morgan fingerprint density at radius 2 is 1.89 bits per heavy atom. The molecule has 0 saturated carbocycles. The van der Waals surface area contributed by atoms with Gasteiger partial charge < -0.3 is 14.5 Å². The molecule has 3 heteroatoms. The van der Waals surface area contributed by atoms with Crippen molar-refractivity contribution in [2.24, 2.45) is 0 Å². The maximum Gasteiger partial charge on any atom is 0.134 e. The van der Waals surface area contributed by atoms with Crippen LogP contribution in [0.25, 0.3) is 11.3 Å². The van der Waals surface area contributed by atoms with Crippen molar-refractivity contribution in [1.29, 1.82) is 0 Å². The first kappa shape index (κ1) is 13.8. The summed E-state index contributed by atoms with van der Waals surface area (Å²) in [5.41, 5.74) is 2.38. The molecule has 0 atom stereocenters. The molecule has 0 radical (unpaired) electrons. The quantitative estimate of drug-likeness (QED) is 0.774. The van der Waals surface area contributed by atoms with E-state index in [9.17, 15) is 0 Å². The molecule has 1 heterocycles. The monoisotopic (exact) mass is 259 g/mol. The molecule has 0 unspecified atom stereocenters. The Bertz CT molecular complexity index is 488. The van der Waals surface area contributed by atoms with Crippen LogP contribution in [0.3, 0.4) is 0 Å². The van der Waals surface area contributed by atoms with Crippen LogP contribution in [0.2, 0.25) is 0 Å². The summed E-state index contributed by atoms with van der Waals surface area (Å²) >= 11 is 0. The molecule has 0 aliphatic carbocycles. The van der Waals surface area contributed by atoms with Gasteiger partial charge in [-0.15, -0.1) is 0 Å². The van der Waals surface area contributed by atoms with Crippen LogP contribution in [-0.4, -0.2) is 20.3 Å². The Morgan fingerprint density at radius 3 is 2.63 bits per heavy atom. The highest BCUT2D eigenvalue weighted by molar-refractivity contribution is 5.57. The van der Waals surface area contributed by atoms with Crippen LogP contribution in [0, 0.1) is 6.92 Å². The molecular formula is C16H21NO2. The first-order chi connectivity index (χ1) is 9.29. The van der Waals surface area contributed by atoms with E-state index in [1.54, 1.807) is 7.11 Å². The van der Waals surface area contributed by atoms with Gasteiger partial charge >= 0.3 is 0 Å². The Labute approximate surface area is 114 Å². The molecule has 1 aromatic carbocycles. The summed E-state index contributed by atoms with van der Waals surface area (Å²) in [7, 11) is 1.72. The maximum absolute atomic E-state index is 5.82. The molecular weight excluding hydrogens is 238 g/mol. The molecule has 0 saturated heterocycles. The van der Waals surface area contributed by atoms with E-state index in [1.807, 2.05) is 12.1 Å². The summed E-state index contributed by atoms with van der Waals surface area (Å²) in [6, 6.07) is 12.4. The number of nitrogens with one attached hydrogen (secondary N) is 1. The molecule has 0 fully saturated rings. The van der Waals surface area contributed by atoms with Gasteiger partial charge in [0.15, 0.2) is 0 Å². The average molecular weight is 259 g/mol. The van der Waals surface area contributed by atoms with Crippen molar-refractivity contribution >= 4 is 0 Å². The standard InChI is InChI=1S/C16H21NO2/c1-13-4-6-14(7-5-13)16-9-8-15(19-16)12-17-10-3-11-18-2/h4-9,17H,3,10-12H2,1-2H3. The van der Waals surface area contributed by atoms with E-state index in [0.29, 0.717) is 0 Å². The fraction of sp³-hybridized carbons (Fsp3) is 0.375. The Hall–Kier alpha value is -1.58. The first-order valence-corrected chi connectivity index (χ1v) is 6.65. The number of rotatable bonds is 7. The number of furan rings is 1. The van der Waals surface area contributed by atoms with Gasteiger partial charge in [-0.25, -0.2) is 0 Å². The molecule has 2 rings (SSSR count). The van der Waals surface area contributed by atoms with E-state index >= 15 is 0 Å². The van der Waals surface area contributed by atoms with E-state index in [0.717, 1.165) is 43.2 Å². The number of ether oxygens (including phenoxy) is 1. The number of benzene rings is 1. The molecule has 1 N–H and O–H groups in total.